The van der Waals surface area contributed by atoms with E-state index in [0.29, 0.717) is 5.52 Å². The molecule has 0 atom stereocenters. The van der Waals surface area contributed by atoms with E-state index in [0.717, 1.165) is 0 Å². The maximum Gasteiger partial charge on any atom is 0.336 e. The number of nitrogens with one attached hydrogen (secondary N) is 1. The van der Waals surface area contributed by atoms with Crippen molar-refractivity contribution in [2.24, 2.45) is 0 Å². The number of hydrogen-bond acceptors (Lipinski definition) is 5. The van der Waals surface area contributed by atoms with Gasteiger partial charge >= 0.3 is 11.9 Å². The number of nitrogens with zero attached hydrogens (tertiary/aromatic N) is 2. The number of H-pyrrole nitrogens is 1. The fourth-order valence-corrected chi connectivity index (χ4v) is 2.23. The number of carboxylic acids is 2. The molecule has 1 aromatic heterocycles. The average molecular weight is 299 g/mol. The molecule has 0 bridgehead atoms. The van der Waals surface area contributed by atoms with Crippen molar-refractivity contribution >= 4 is 23.0 Å². The Hall–Kier alpha value is -3.42. The minimum Gasteiger partial charge on any atom is -0.507 e. The number of phenols is 1. The van der Waals surface area contributed by atoms with E-state index in [4.69, 9.17) is 5.11 Å². The molecule has 110 valence electrons. The van der Waals surface area contributed by atoms with Gasteiger partial charge in [-0.25, -0.2) is 9.59 Å². The lowest BCUT2D eigenvalue weighted by atomic mass is 9.95. The third-order valence-corrected chi connectivity index (χ3v) is 3.24. The molecule has 1 heterocycles. The number of aromatic carboxylic acids is 2. The average Bonchev–Trinajstić information content (AvgIpc) is 2.94. The molecule has 0 aliphatic rings. The molecule has 0 saturated heterocycles. The van der Waals surface area contributed by atoms with Gasteiger partial charge in [-0.2, -0.15) is 0 Å². The van der Waals surface area contributed by atoms with Crippen LogP contribution in [0, 0.1) is 0 Å². The van der Waals surface area contributed by atoms with Gasteiger partial charge in [0.05, 0.1) is 16.6 Å². The molecule has 8 heteroatoms. The number of phenolic OH excluding ortho intramolecular Hbond substituents is 1. The number of rotatable bonds is 3. The van der Waals surface area contributed by atoms with Gasteiger partial charge in [-0.1, -0.05) is 5.21 Å². The molecular formula is C14H9N3O5. The second kappa shape index (κ2) is 4.85. The molecule has 3 aromatic rings. The molecule has 3 rings (SSSR count). The number of carbonyl (C=O) groups is 2. The summed E-state index contributed by atoms with van der Waals surface area (Å²) in [6, 6.07) is 6.47. The minimum absolute atomic E-state index is 0.0665. The van der Waals surface area contributed by atoms with Crippen LogP contribution in [0.2, 0.25) is 0 Å². The zero-order valence-corrected chi connectivity index (χ0v) is 10.9. The molecular weight excluding hydrogens is 290 g/mol. The number of aromatic amines is 1. The van der Waals surface area contributed by atoms with Crippen molar-refractivity contribution in [2.75, 3.05) is 0 Å². The number of aromatic nitrogens is 3. The Morgan fingerprint density at radius 3 is 2.50 bits per heavy atom. The molecule has 0 spiro atoms. The van der Waals surface area contributed by atoms with Gasteiger partial charge in [-0.15, -0.1) is 5.10 Å². The topological polar surface area (TPSA) is 136 Å². The lowest BCUT2D eigenvalue weighted by Crippen LogP contribution is -2.02. The van der Waals surface area contributed by atoms with Gasteiger partial charge in [-0.3, -0.25) is 5.10 Å². The summed E-state index contributed by atoms with van der Waals surface area (Å²) < 4.78 is 0. The van der Waals surface area contributed by atoms with Crippen LogP contribution in [0.1, 0.15) is 20.7 Å². The lowest BCUT2D eigenvalue weighted by molar-refractivity contribution is 0.0687. The van der Waals surface area contributed by atoms with Crippen molar-refractivity contribution in [1.29, 1.82) is 0 Å². The van der Waals surface area contributed by atoms with Gasteiger partial charge in [0, 0.05) is 11.1 Å². The monoisotopic (exact) mass is 299 g/mol. The first-order valence-electron chi connectivity index (χ1n) is 6.12. The van der Waals surface area contributed by atoms with Crippen molar-refractivity contribution in [3.63, 3.8) is 0 Å². The van der Waals surface area contributed by atoms with Crippen LogP contribution in [0.4, 0.5) is 0 Å². The molecule has 0 aliphatic heterocycles. The van der Waals surface area contributed by atoms with Crippen LogP contribution in [0.15, 0.2) is 30.3 Å². The van der Waals surface area contributed by atoms with Crippen LogP contribution in [0.5, 0.6) is 5.75 Å². The van der Waals surface area contributed by atoms with Crippen LogP contribution < -0.4 is 0 Å². The van der Waals surface area contributed by atoms with E-state index in [1.165, 1.54) is 30.3 Å². The first-order valence-corrected chi connectivity index (χ1v) is 6.12. The van der Waals surface area contributed by atoms with Gasteiger partial charge < -0.3 is 15.3 Å². The zero-order chi connectivity index (χ0) is 15.9. The molecule has 0 aliphatic carbocycles. The van der Waals surface area contributed by atoms with E-state index in [1.807, 2.05) is 0 Å². The first kappa shape index (κ1) is 13.6. The van der Waals surface area contributed by atoms with E-state index in [1.54, 1.807) is 0 Å². The normalized spacial score (nSPS) is 10.7. The summed E-state index contributed by atoms with van der Waals surface area (Å²) in [5.74, 6) is -2.66. The van der Waals surface area contributed by atoms with Crippen LogP contribution in [0.25, 0.3) is 22.2 Å². The summed E-state index contributed by atoms with van der Waals surface area (Å²) in [6.45, 7) is 0. The van der Waals surface area contributed by atoms with E-state index in [-0.39, 0.29) is 33.5 Å². The molecule has 22 heavy (non-hydrogen) atoms. The van der Waals surface area contributed by atoms with Crippen LogP contribution >= 0.6 is 0 Å². The zero-order valence-electron chi connectivity index (χ0n) is 10.9. The Bertz CT molecular complexity index is 916. The van der Waals surface area contributed by atoms with E-state index in [9.17, 15) is 19.8 Å². The fourth-order valence-electron chi connectivity index (χ4n) is 2.23. The SMILES string of the molecule is O=C(O)c1ccc(O)c(-c2c(C(=O)O)ccc3[nH]nnc23)c1. The third-order valence-electron chi connectivity index (χ3n) is 3.24. The quantitative estimate of drug-likeness (QED) is 0.578. The summed E-state index contributed by atoms with van der Waals surface area (Å²) in [6.07, 6.45) is 0. The molecule has 0 saturated carbocycles. The van der Waals surface area contributed by atoms with Crippen molar-refractivity contribution in [2.45, 2.75) is 0 Å². The Morgan fingerprint density at radius 1 is 1.05 bits per heavy atom. The number of fused-ring (bicyclic) bond motifs is 1. The Morgan fingerprint density at radius 2 is 1.82 bits per heavy atom. The predicted molar refractivity (Wildman–Crippen MR) is 74.9 cm³/mol. The largest absolute Gasteiger partial charge is 0.507 e. The lowest BCUT2D eigenvalue weighted by Gasteiger charge is -2.10. The summed E-state index contributed by atoms with van der Waals surface area (Å²) in [5.41, 5.74) is 0.692. The van der Waals surface area contributed by atoms with Crippen LogP contribution in [0.3, 0.4) is 0 Å². The predicted octanol–water partition coefficient (Wildman–Crippen LogP) is 1.73. The third kappa shape index (κ3) is 2.03. The smallest absolute Gasteiger partial charge is 0.336 e. The molecule has 8 nitrogen and oxygen atoms in total. The Kier molecular flexibility index (Phi) is 2.99. The summed E-state index contributed by atoms with van der Waals surface area (Å²) >= 11 is 0. The Balaban J connectivity index is 2.40. The van der Waals surface area contributed by atoms with E-state index in [2.05, 4.69) is 15.4 Å². The fraction of sp³-hybridized carbons (Fsp3) is 0. The second-order valence-corrected chi connectivity index (χ2v) is 4.54. The second-order valence-electron chi connectivity index (χ2n) is 4.54. The van der Waals surface area contributed by atoms with Crippen molar-refractivity contribution in [1.82, 2.24) is 15.4 Å². The number of benzene rings is 2. The summed E-state index contributed by atoms with van der Waals surface area (Å²) in [7, 11) is 0. The van der Waals surface area contributed by atoms with Crippen molar-refractivity contribution in [3.8, 4) is 16.9 Å². The maximum absolute atomic E-state index is 11.4. The number of carboxylic acid groups (broad SMARTS) is 2. The van der Waals surface area contributed by atoms with Gasteiger partial charge in [0.25, 0.3) is 0 Å². The number of aromatic hydroxyl groups is 1. The number of hydrogen-bond donors (Lipinski definition) is 4. The molecule has 0 unspecified atom stereocenters. The highest BCUT2D eigenvalue weighted by Crippen LogP contribution is 2.36. The van der Waals surface area contributed by atoms with Crippen molar-refractivity contribution in [3.05, 3.63) is 41.5 Å². The van der Waals surface area contributed by atoms with Gasteiger partial charge in [0.15, 0.2) is 0 Å². The standard InChI is InChI=1S/C14H9N3O5/c18-10-4-1-6(13(19)20)5-8(10)11-7(14(21)22)2-3-9-12(11)16-17-15-9/h1-5,18H,(H,19,20)(H,21,22)(H,15,16,17). The molecule has 2 aromatic carbocycles. The van der Waals surface area contributed by atoms with E-state index >= 15 is 0 Å². The highest BCUT2D eigenvalue weighted by atomic mass is 16.4. The molecule has 0 amide bonds. The molecule has 4 N–H and O–H groups in total. The summed E-state index contributed by atoms with van der Waals surface area (Å²) in [4.78, 5) is 22.5. The molecule has 0 fully saturated rings. The highest BCUT2D eigenvalue weighted by Gasteiger charge is 2.21. The van der Waals surface area contributed by atoms with Crippen LogP contribution in [-0.2, 0) is 0 Å². The Labute approximate surface area is 122 Å². The highest BCUT2D eigenvalue weighted by molar-refractivity contribution is 6.06. The van der Waals surface area contributed by atoms with E-state index < -0.39 is 11.9 Å². The van der Waals surface area contributed by atoms with Crippen molar-refractivity contribution < 1.29 is 24.9 Å². The maximum atomic E-state index is 11.4. The van der Waals surface area contributed by atoms with Gasteiger partial charge in [0.1, 0.15) is 11.3 Å². The minimum atomic E-state index is -1.22. The van der Waals surface area contributed by atoms with Crippen LogP contribution in [-0.4, -0.2) is 42.7 Å². The first-order chi connectivity index (χ1) is 10.5. The van der Waals surface area contributed by atoms with Gasteiger partial charge in [0.2, 0.25) is 0 Å². The van der Waals surface area contributed by atoms with Gasteiger partial charge in [-0.05, 0) is 30.3 Å². The molecule has 0 radical (unpaired) electrons. The summed E-state index contributed by atoms with van der Waals surface area (Å²) in [5, 5.41) is 38.5.